The lowest BCUT2D eigenvalue weighted by Crippen LogP contribution is -2.45. The van der Waals surface area contributed by atoms with Crippen LogP contribution in [0.15, 0.2) is 36.4 Å². The summed E-state index contributed by atoms with van der Waals surface area (Å²) >= 11 is 42.2. The summed E-state index contributed by atoms with van der Waals surface area (Å²) in [5.74, 6) is -0.0396. The number of phenols is 1. The van der Waals surface area contributed by atoms with Gasteiger partial charge in [0.2, 0.25) is 8.13 Å². The molecule has 0 radical (unpaired) electrons. The van der Waals surface area contributed by atoms with Crippen LogP contribution >= 0.6 is 81.2 Å². The van der Waals surface area contributed by atoms with Gasteiger partial charge in [-0.3, -0.25) is 0 Å². The van der Waals surface area contributed by atoms with Crippen LogP contribution in [-0.2, 0) is 4.33 Å². The van der Waals surface area contributed by atoms with E-state index < -0.39 is 12.5 Å². The van der Waals surface area contributed by atoms with Crippen molar-refractivity contribution in [2.24, 2.45) is 0 Å². The topological polar surface area (TPSA) is 20.2 Å². The second kappa shape index (κ2) is 5.87. The maximum Gasteiger partial charge on any atom is 0.226 e. The standard InChI is InChI=1S/C13H7Cl7O/c14-11(15,12(16,17)13(18,19)20)8-5-1-3-7-4-2-6-9(21)10(7)8/h1-6,21H. The fourth-order valence-corrected chi connectivity index (χ4v) is 3.45. The van der Waals surface area contributed by atoms with Crippen molar-refractivity contribution in [3.8, 4) is 5.75 Å². The third-order valence-electron chi connectivity index (χ3n) is 2.97. The van der Waals surface area contributed by atoms with Crippen LogP contribution in [0.5, 0.6) is 5.75 Å². The highest BCUT2D eigenvalue weighted by atomic mass is 35.6. The lowest BCUT2D eigenvalue weighted by Gasteiger charge is -2.38. The van der Waals surface area contributed by atoms with Crippen molar-refractivity contribution in [3.63, 3.8) is 0 Å². The first-order valence-corrected chi connectivity index (χ1v) is 8.18. The predicted octanol–water partition coefficient (Wildman–Crippen LogP) is 6.72. The molecule has 1 N–H and O–H groups in total. The molecule has 0 atom stereocenters. The largest absolute Gasteiger partial charge is 0.507 e. The number of rotatable bonds is 2. The van der Waals surface area contributed by atoms with Crippen molar-refractivity contribution >= 4 is 92.0 Å². The second-order valence-corrected chi connectivity index (χ2v) is 9.26. The van der Waals surface area contributed by atoms with Crippen molar-refractivity contribution in [1.29, 1.82) is 0 Å². The van der Waals surface area contributed by atoms with Crippen LogP contribution < -0.4 is 0 Å². The lowest BCUT2D eigenvalue weighted by molar-refractivity contribution is 0.481. The molecule has 0 aliphatic rings. The fraction of sp³-hybridized carbons (Fsp3) is 0.231. The molecular formula is C13H7Cl7O. The molecule has 1 nitrogen and oxygen atoms in total. The van der Waals surface area contributed by atoms with Gasteiger partial charge in [-0.25, -0.2) is 0 Å². The summed E-state index contributed by atoms with van der Waals surface area (Å²) in [6.45, 7) is 0. The number of aromatic hydroxyl groups is 1. The second-order valence-electron chi connectivity index (χ2n) is 4.33. The van der Waals surface area contributed by atoms with Crippen molar-refractivity contribution in [1.82, 2.24) is 0 Å². The third kappa shape index (κ3) is 2.99. The minimum atomic E-state index is -2.16. The van der Waals surface area contributed by atoms with Gasteiger partial charge >= 0.3 is 0 Å². The summed E-state index contributed by atoms with van der Waals surface area (Å²) in [6, 6.07) is 9.92. The Bertz CT molecular complexity index is 671. The Labute approximate surface area is 156 Å². The van der Waals surface area contributed by atoms with Crippen LogP contribution in [0.25, 0.3) is 10.8 Å². The van der Waals surface area contributed by atoms with Crippen LogP contribution in [0.4, 0.5) is 0 Å². The van der Waals surface area contributed by atoms with Gasteiger partial charge in [-0.1, -0.05) is 112 Å². The molecule has 2 aromatic carbocycles. The molecule has 0 heterocycles. The SMILES string of the molecule is Oc1cccc2cccc(C(Cl)(Cl)C(Cl)(Cl)C(Cl)(Cl)Cl)c12. The zero-order valence-electron chi connectivity index (χ0n) is 10.1. The molecule has 8 heteroatoms. The van der Waals surface area contributed by atoms with E-state index in [2.05, 4.69) is 0 Å². The quantitative estimate of drug-likeness (QED) is 0.528. The Balaban J connectivity index is 2.77. The summed E-state index contributed by atoms with van der Waals surface area (Å²) in [5.41, 5.74) is 0.234. The van der Waals surface area contributed by atoms with Gasteiger partial charge in [-0.05, 0) is 11.5 Å². The highest BCUT2D eigenvalue weighted by Gasteiger charge is 2.61. The van der Waals surface area contributed by atoms with E-state index in [1.807, 2.05) is 0 Å². The minimum Gasteiger partial charge on any atom is -0.507 e. The molecule has 0 bridgehead atoms. The maximum absolute atomic E-state index is 10.1. The molecular weight excluding hydrogens is 420 g/mol. The Kier molecular flexibility index (Phi) is 5.00. The Morgan fingerprint density at radius 3 is 1.81 bits per heavy atom. The molecule has 0 saturated heterocycles. The molecule has 0 unspecified atom stereocenters. The zero-order valence-corrected chi connectivity index (χ0v) is 15.3. The van der Waals surface area contributed by atoms with Crippen LogP contribution in [0.2, 0.25) is 0 Å². The van der Waals surface area contributed by atoms with Gasteiger partial charge < -0.3 is 5.11 Å². The van der Waals surface area contributed by atoms with E-state index in [-0.39, 0.29) is 11.3 Å². The molecule has 114 valence electrons. The Morgan fingerprint density at radius 1 is 0.762 bits per heavy atom. The number of fused-ring (bicyclic) bond motifs is 1. The van der Waals surface area contributed by atoms with Gasteiger partial charge in [0.15, 0.2) is 4.33 Å². The first kappa shape index (κ1) is 17.9. The summed E-state index contributed by atoms with van der Waals surface area (Å²) in [4.78, 5) is 0. The Morgan fingerprint density at radius 2 is 1.29 bits per heavy atom. The number of benzene rings is 2. The number of hydrogen-bond donors (Lipinski definition) is 1. The molecule has 0 aliphatic heterocycles. The lowest BCUT2D eigenvalue weighted by atomic mass is 9.99. The van der Waals surface area contributed by atoms with E-state index in [0.717, 1.165) is 0 Å². The van der Waals surface area contributed by atoms with E-state index in [4.69, 9.17) is 81.2 Å². The maximum atomic E-state index is 10.1. The van der Waals surface area contributed by atoms with E-state index in [9.17, 15) is 5.11 Å². The van der Waals surface area contributed by atoms with Crippen LogP contribution in [0.1, 0.15) is 5.56 Å². The van der Waals surface area contributed by atoms with Crippen molar-refractivity contribution in [2.45, 2.75) is 12.5 Å². The van der Waals surface area contributed by atoms with Crippen LogP contribution in [0, 0.1) is 0 Å². The number of phenolic OH excluding ortho intramolecular Hbond substituents is 1. The van der Waals surface area contributed by atoms with Gasteiger partial charge in [0, 0.05) is 10.9 Å². The van der Waals surface area contributed by atoms with E-state index in [1.165, 1.54) is 6.07 Å². The van der Waals surface area contributed by atoms with E-state index in [1.54, 1.807) is 30.3 Å². The number of alkyl halides is 7. The molecule has 0 aromatic heterocycles. The fourth-order valence-electron chi connectivity index (χ4n) is 1.93. The van der Waals surface area contributed by atoms with Gasteiger partial charge in [0.05, 0.1) is 0 Å². The number of halogens is 7. The van der Waals surface area contributed by atoms with Gasteiger partial charge in [0.25, 0.3) is 0 Å². The monoisotopic (exact) mass is 424 g/mol. The smallest absolute Gasteiger partial charge is 0.226 e. The summed E-state index contributed by atoms with van der Waals surface area (Å²) in [6.07, 6.45) is 0. The minimum absolute atomic E-state index is 0.0396. The van der Waals surface area contributed by atoms with Crippen LogP contribution in [0.3, 0.4) is 0 Å². The molecule has 0 amide bonds. The molecule has 2 aromatic rings. The summed E-state index contributed by atoms with van der Waals surface area (Å²) in [5, 5.41) is 11.1. The normalized spacial score (nSPS) is 13.7. The van der Waals surface area contributed by atoms with Crippen molar-refractivity contribution < 1.29 is 5.11 Å². The van der Waals surface area contributed by atoms with Crippen molar-refractivity contribution in [3.05, 3.63) is 42.0 Å². The average Bonchev–Trinajstić information content (AvgIpc) is 2.37. The highest BCUT2D eigenvalue weighted by molar-refractivity contribution is 6.78. The van der Waals surface area contributed by atoms with Crippen LogP contribution in [-0.4, -0.2) is 13.2 Å². The molecule has 0 fully saturated rings. The molecule has 2 rings (SSSR count). The van der Waals surface area contributed by atoms with Crippen molar-refractivity contribution in [2.75, 3.05) is 0 Å². The van der Waals surface area contributed by atoms with Gasteiger partial charge in [-0.15, -0.1) is 0 Å². The first-order chi connectivity index (χ1) is 9.50. The predicted molar refractivity (Wildman–Crippen MR) is 93.7 cm³/mol. The van der Waals surface area contributed by atoms with E-state index >= 15 is 0 Å². The third-order valence-corrected chi connectivity index (χ3v) is 6.90. The molecule has 0 saturated carbocycles. The summed E-state index contributed by atoms with van der Waals surface area (Å²) in [7, 11) is 0. The first-order valence-electron chi connectivity index (χ1n) is 5.53. The van der Waals surface area contributed by atoms with E-state index in [0.29, 0.717) is 10.8 Å². The number of hydrogen-bond acceptors (Lipinski definition) is 1. The zero-order chi connectivity index (χ0) is 16.1. The molecule has 0 aliphatic carbocycles. The average molecular weight is 427 g/mol. The van der Waals surface area contributed by atoms with Gasteiger partial charge in [-0.2, -0.15) is 0 Å². The van der Waals surface area contributed by atoms with Gasteiger partial charge in [0.1, 0.15) is 5.75 Å². The highest BCUT2D eigenvalue weighted by Crippen LogP contribution is 2.61. The molecule has 0 spiro atoms. The molecule has 21 heavy (non-hydrogen) atoms. The summed E-state index contributed by atoms with van der Waals surface area (Å²) < 4.78 is -6.31. The Hall–Kier alpha value is 0.530.